The van der Waals surface area contributed by atoms with Crippen LogP contribution in [0.5, 0.6) is 5.75 Å². The summed E-state index contributed by atoms with van der Waals surface area (Å²) in [5, 5.41) is 5.55. The van der Waals surface area contributed by atoms with Crippen LogP contribution in [0.1, 0.15) is 27.6 Å². The molecule has 158 valence electrons. The van der Waals surface area contributed by atoms with Crippen LogP contribution in [-0.2, 0) is 4.74 Å². The molecule has 0 saturated carbocycles. The van der Waals surface area contributed by atoms with E-state index in [9.17, 15) is 14.4 Å². The second kappa shape index (κ2) is 10.3. The van der Waals surface area contributed by atoms with Crippen LogP contribution in [0.2, 0.25) is 0 Å². The van der Waals surface area contributed by atoms with Gasteiger partial charge in [-0.3, -0.25) is 9.59 Å². The van der Waals surface area contributed by atoms with Crippen molar-refractivity contribution >= 4 is 42.0 Å². The highest BCUT2D eigenvalue weighted by atomic mass is 32.1. The van der Waals surface area contributed by atoms with Gasteiger partial charge in [-0.15, -0.1) is 12.6 Å². The number of rotatable bonds is 6. The number of carbonyl (C=O) groups is 3. The molecule has 0 aliphatic heterocycles. The van der Waals surface area contributed by atoms with Gasteiger partial charge >= 0.3 is 6.16 Å². The first-order valence-corrected chi connectivity index (χ1v) is 9.86. The fourth-order valence-corrected chi connectivity index (χ4v) is 2.92. The van der Waals surface area contributed by atoms with Crippen LogP contribution in [0.25, 0.3) is 0 Å². The van der Waals surface area contributed by atoms with Crippen molar-refractivity contribution in [3.05, 3.63) is 83.9 Å². The number of hydrogen-bond donors (Lipinski definition) is 3. The third-order valence-corrected chi connectivity index (χ3v) is 4.50. The lowest BCUT2D eigenvalue weighted by Gasteiger charge is -2.10. The molecule has 0 bridgehead atoms. The molecule has 2 N–H and O–H groups in total. The summed E-state index contributed by atoms with van der Waals surface area (Å²) >= 11 is 4.29. The van der Waals surface area contributed by atoms with Crippen LogP contribution in [-0.4, -0.2) is 24.6 Å². The zero-order valence-electron chi connectivity index (χ0n) is 16.6. The van der Waals surface area contributed by atoms with Gasteiger partial charge in [0, 0.05) is 21.8 Å². The molecule has 0 fully saturated rings. The van der Waals surface area contributed by atoms with Crippen molar-refractivity contribution in [1.82, 2.24) is 0 Å². The van der Waals surface area contributed by atoms with Crippen molar-refractivity contribution in [2.75, 3.05) is 17.2 Å². The van der Waals surface area contributed by atoms with Crippen molar-refractivity contribution < 1.29 is 23.9 Å². The molecule has 0 unspecified atom stereocenters. The summed E-state index contributed by atoms with van der Waals surface area (Å²) in [6.45, 7) is 1.88. The number of hydrogen-bond acceptors (Lipinski definition) is 6. The molecule has 0 radical (unpaired) electrons. The fourth-order valence-electron chi connectivity index (χ4n) is 2.66. The molecule has 0 saturated heterocycles. The normalized spacial score (nSPS) is 10.1. The van der Waals surface area contributed by atoms with Gasteiger partial charge in [0.05, 0.1) is 12.2 Å². The molecular formula is C23H20N2O5S. The van der Waals surface area contributed by atoms with Gasteiger partial charge in [0.1, 0.15) is 5.75 Å². The third-order valence-electron chi connectivity index (χ3n) is 4.11. The molecule has 0 aliphatic rings. The van der Waals surface area contributed by atoms with Crippen LogP contribution < -0.4 is 15.4 Å². The zero-order chi connectivity index (χ0) is 22.2. The summed E-state index contributed by atoms with van der Waals surface area (Å²) in [6, 6.07) is 19.8. The Kier molecular flexibility index (Phi) is 7.29. The van der Waals surface area contributed by atoms with Crippen LogP contribution >= 0.6 is 12.6 Å². The molecule has 31 heavy (non-hydrogen) atoms. The lowest BCUT2D eigenvalue weighted by Crippen LogP contribution is -2.14. The van der Waals surface area contributed by atoms with Crippen molar-refractivity contribution in [2.45, 2.75) is 11.8 Å². The van der Waals surface area contributed by atoms with Crippen LogP contribution in [0.3, 0.4) is 0 Å². The van der Waals surface area contributed by atoms with E-state index in [1.165, 1.54) is 24.3 Å². The maximum Gasteiger partial charge on any atom is 0.513 e. The van der Waals surface area contributed by atoms with E-state index in [4.69, 9.17) is 9.47 Å². The molecule has 0 heterocycles. The fraction of sp³-hybridized carbons (Fsp3) is 0.0870. The van der Waals surface area contributed by atoms with Crippen molar-refractivity contribution in [3.63, 3.8) is 0 Å². The molecule has 3 rings (SSSR count). The second-order valence-corrected chi connectivity index (χ2v) is 6.80. The maximum absolute atomic E-state index is 12.5. The predicted molar refractivity (Wildman–Crippen MR) is 120 cm³/mol. The Bertz CT molecular complexity index is 1100. The first-order chi connectivity index (χ1) is 15.0. The summed E-state index contributed by atoms with van der Waals surface area (Å²) in [5.41, 5.74) is 1.85. The standard InChI is InChI=1S/C23H20N2O5S/c1-2-29-23(28)30-18-12-10-15(11-13-18)21(26)24-16-6-5-7-17(14-16)25-22(27)19-8-3-4-9-20(19)31/h3-14,31H,2H2,1H3,(H,24,26)(H,25,27). The highest BCUT2D eigenvalue weighted by Gasteiger charge is 2.11. The number of anilines is 2. The predicted octanol–water partition coefficient (Wildman–Crippen LogP) is 5.02. The van der Waals surface area contributed by atoms with Crippen LogP contribution in [0, 0.1) is 0 Å². The van der Waals surface area contributed by atoms with E-state index in [-0.39, 0.29) is 24.2 Å². The Hall–Kier alpha value is -3.78. The zero-order valence-corrected chi connectivity index (χ0v) is 17.5. The monoisotopic (exact) mass is 436 g/mol. The molecule has 8 heteroatoms. The Balaban J connectivity index is 1.64. The van der Waals surface area contributed by atoms with Gasteiger partial charge in [-0.05, 0) is 61.5 Å². The maximum atomic E-state index is 12.5. The minimum absolute atomic E-state index is 0.208. The summed E-state index contributed by atoms with van der Waals surface area (Å²) in [7, 11) is 0. The number of nitrogens with one attached hydrogen (secondary N) is 2. The topological polar surface area (TPSA) is 93.7 Å². The molecule has 0 spiro atoms. The molecule has 0 aromatic heterocycles. The first-order valence-electron chi connectivity index (χ1n) is 9.41. The number of ether oxygens (including phenoxy) is 2. The van der Waals surface area contributed by atoms with Gasteiger partial charge in [0.15, 0.2) is 0 Å². The largest absolute Gasteiger partial charge is 0.513 e. The van der Waals surface area contributed by atoms with Gasteiger partial charge in [-0.1, -0.05) is 18.2 Å². The quantitative estimate of drug-likeness (QED) is 0.287. The van der Waals surface area contributed by atoms with E-state index in [0.717, 1.165) is 0 Å². The Labute approximate surface area is 184 Å². The molecule has 0 atom stereocenters. The number of thiol groups is 1. The van der Waals surface area contributed by atoms with Gasteiger partial charge < -0.3 is 20.1 Å². The third kappa shape index (κ3) is 6.10. The molecule has 2 amide bonds. The van der Waals surface area contributed by atoms with E-state index >= 15 is 0 Å². The average molecular weight is 436 g/mol. The average Bonchev–Trinajstić information content (AvgIpc) is 2.75. The minimum Gasteiger partial charge on any atom is -0.434 e. The summed E-state index contributed by atoms with van der Waals surface area (Å²) in [4.78, 5) is 36.9. The van der Waals surface area contributed by atoms with Crippen molar-refractivity contribution in [1.29, 1.82) is 0 Å². The van der Waals surface area contributed by atoms with Crippen LogP contribution in [0.15, 0.2) is 77.7 Å². The second-order valence-electron chi connectivity index (χ2n) is 6.32. The molecule has 3 aromatic rings. The Morgan fingerprint density at radius 3 is 2.13 bits per heavy atom. The molecular weight excluding hydrogens is 416 g/mol. The number of amides is 2. The molecule has 7 nitrogen and oxygen atoms in total. The lowest BCUT2D eigenvalue weighted by molar-refractivity contribution is 0.101. The number of benzene rings is 3. The first kappa shape index (κ1) is 21.9. The smallest absolute Gasteiger partial charge is 0.434 e. The van der Waals surface area contributed by atoms with Gasteiger partial charge in [0.2, 0.25) is 0 Å². The van der Waals surface area contributed by atoms with Crippen molar-refractivity contribution in [2.24, 2.45) is 0 Å². The number of carbonyl (C=O) groups excluding carboxylic acids is 3. The highest BCUT2D eigenvalue weighted by Crippen LogP contribution is 2.20. The Morgan fingerprint density at radius 1 is 0.839 bits per heavy atom. The Morgan fingerprint density at radius 2 is 1.48 bits per heavy atom. The minimum atomic E-state index is -0.806. The van der Waals surface area contributed by atoms with E-state index in [0.29, 0.717) is 27.4 Å². The molecule has 0 aliphatic carbocycles. The van der Waals surface area contributed by atoms with Gasteiger partial charge in [0.25, 0.3) is 11.8 Å². The molecule has 3 aromatic carbocycles. The van der Waals surface area contributed by atoms with E-state index in [2.05, 4.69) is 23.3 Å². The van der Waals surface area contributed by atoms with E-state index < -0.39 is 6.16 Å². The van der Waals surface area contributed by atoms with Gasteiger partial charge in [-0.25, -0.2) is 4.79 Å². The van der Waals surface area contributed by atoms with Crippen LogP contribution in [0.4, 0.5) is 16.2 Å². The van der Waals surface area contributed by atoms with E-state index in [1.54, 1.807) is 55.5 Å². The summed E-state index contributed by atoms with van der Waals surface area (Å²) in [6.07, 6.45) is -0.806. The summed E-state index contributed by atoms with van der Waals surface area (Å²) < 4.78 is 9.67. The summed E-state index contributed by atoms with van der Waals surface area (Å²) in [5.74, 6) is -0.387. The van der Waals surface area contributed by atoms with E-state index in [1.807, 2.05) is 0 Å². The SMILES string of the molecule is CCOC(=O)Oc1ccc(C(=O)Nc2cccc(NC(=O)c3ccccc3S)c2)cc1. The van der Waals surface area contributed by atoms with Gasteiger partial charge in [-0.2, -0.15) is 0 Å². The lowest BCUT2D eigenvalue weighted by atomic mass is 10.2. The highest BCUT2D eigenvalue weighted by molar-refractivity contribution is 7.80. The van der Waals surface area contributed by atoms with Crippen molar-refractivity contribution in [3.8, 4) is 5.75 Å².